The first-order valence-corrected chi connectivity index (χ1v) is 5.92. The molecule has 2 N–H and O–H groups in total. The summed E-state index contributed by atoms with van der Waals surface area (Å²) in [5.41, 5.74) is 0.195. The van der Waals surface area contributed by atoms with Gasteiger partial charge < -0.3 is 10.4 Å². The van der Waals surface area contributed by atoms with Gasteiger partial charge in [0, 0.05) is 24.4 Å². The average molecular weight is 299 g/mol. The molecule has 2 rings (SSSR count). The Hall–Kier alpha value is -2.21. The number of benzene rings is 1. The standard InChI is InChI=1S/C13H9ClF2N2O2/c14-10-3-8(13(19)20)6-18-12(10)17-5-7-1-2-9(15)4-11(7)16/h1-4,6H,5H2,(H,17,18)(H,19,20). The second-order valence-corrected chi connectivity index (χ2v) is 4.36. The molecule has 0 aliphatic heterocycles. The van der Waals surface area contributed by atoms with E-state index in [2.05, 4.69) is 10.3 Å². The molecule has 0 saturated heterocycles. The first-order valence-electron chi connectivity index (χ1n) is 5.54. The zero-order chi connectivity index (χ0) is 14.7. The van der Waals surface area contributed by atoms with Crippen molar-refractivity contribution in [3.05, 3.63) is 58.2 Å². The second kappa shape index (κ2) is 5.83. The molecule has 0 radical (unpaired) electrons. The Morgan fingerprint density at radius 1 is 1.35 bits per heavy atom. The van der Waals surface area contributed by atoms with Crippen molar-refractivity contribution in [2.75, 3.05) is 5.32 Å². The lowest BCUT2D eigenvalue weighted by atomic mass is 10.2. The van der Waals surface area contributed by atoms with Crippen LogP contribution >= 0.6 is 11.6 Å². The quantitative estimate of drug-likeness (QED) is 0.909. The summed E-state index contributed by atoms with van der Waals surface area (Å²) in [6, 6.07) is 4.46. The van der Waals surface area contributed by atoms with Crippen molar-refractivity contribution in [1.82, 2.24) is 4.98 Å². The lowest BCUT2D eigenvalue weighted by Crippen LogP contribution is -2.06. The van der Waals surface area contributed by atoms with Crippen LogP contribution in [0.15, 0.2) is 30.5 Å². The van der Waals surface area contributed by atoms with Crippen molar-refractivity contribution < 1.29 is 18.7 Å². The highest BCUT2D eigenvalue weighted by Crippen LogP contribution is 2.21. The number of anilines is 1. The Kier molecular flexibility index (Phi) is 4.14. The number of aromatic nitrogens is 1. The number of halogens is 3. The molecule has 1 heterocycles. The van der Waals surface area contributed by atoms with Crippen LogP contribution in [-0.2, 0) is 6.54 Å². The fourth-order valence-electron chi connectivity index (χ4n) is 1.53. The van der Waals surface area contributed by atoms with Crippen LogP contribution in [0.4, 0.5) is 14.6 Å². The number of carboxylic acids is 1. The van der Waals surface area contributed by atoms with Gasteiger partial charge in [-0.2, -0.15) is 0 Å². The van der Waals surface area contributed by atoms with Crippen molar-refractivity contribution in [3.63, 3.8) is 0 Å². The molecule has 0 saturated carbocycles. The van der Waals surface area contributed by atoms with Crippen LogP contribution < -0.4 is 5.32 Å². The maximum absolute atomic E-state index is 13.4. The molecule has 1 aromatic heterocycles. The van der Waals surface area contributed by atoms with Gasteiger partial charge in [-0.05, 0) is 12.1 Å². The Morgan fingerprint density at radius 2 is 2.10 bits per heavy atom. The summed E-state index contributed by atoms with van der Waals surface area (Å²) in [5.74, 6) is -2.26. The Bertz CT molecular complexity index is 665. The van der Waals surface area contributed by atoms with Gasteiger partial charge in [0.2, 0.25) is 0 Å². The van der Waals surface area contributed by atoms with E-state index in [1.54, 1.807) is 0 Å². The summed E-state index contributed by atoms with van der Waals surface area (Å²) < 4.78 is 26.2. The molecule has 20 heavy (non-hydrogen) atoms. The Balaban J connectivity index is 2.13. The molecule has 0 unspecified atom stereocenters. The monoisotopic (exact) mass is 298 g/mol. The molecule has 1 aromatic carbocycles. The van der Waals surface area contributed by atoms with E-state index in [1.165, 1.54) is 12.1 Å². The van der Waals surface area contributed by atoms with Crippen molar-refractivity contribution in [2.45, 2.75) is 6.54 Å². The molecule has 4 nitrogen and oxygen atoms in total. The smallest absolute Gasteiger partial charge is 0.337 e. The van der Waals surface area contributed by atoms with E-state index in [4.69, 9.17) is 16.7 Å². The fourth-order valence-corrected chi connectivity index (χ4v) is 1.76. The van der Waals surface area contributed by atoms with Gasteiger partial charge in [-0.3, -0.25) is 0 Å². The van der Waals surface area contributed by atoms with Gasteiger partial charge in [-0.25, -0.2) is 18.6 Å². The van der Waals surface area contributed by atoms with Gasteiger partial charge in [0.15, 0.2) is 0 Å². The molecule has 104 valence electrons. The Morgan fingerprint density at radius 3 is 2.70 bits per heavy atom. The predicted molar refractivity (Wildman–Crippen MR) is 69.9 cm³/mol. The number of rotatable bonds is 4. The predicted octanol–water partition coefficient (Wildman–Crippen LogP) is 3.32. The van der Waals surface area contributed by atoms with E-state index in [0.717, 1.165) is 18.3 Å². The van der Waals surface area contributed by atoms with Crippen molar-refractivity contribution >= 4 is 23.4 Å². The third-order valence-corrected chi connectivity index (χ3v) is 2.84. The summed E-state index contributed by atoms with van der Waals surface area (Å²) >= 11 is 5.86. The van der Waals surface area contributed by atoms with Gasteiger partial charge in [0.25, 0.3) is 0 Å². The van der Waals surface area contributed by atoms with Crippen LogP contribution in [0.25, 0.3) is 0 Å². The SMILES string of the molecule is O=C(O)c1cnc(NCc2ccc(F)cc2F)c(Cl)c1. The van der Waals surface area contributed by atoms with Crippen LogP contribution in [0, 0.1) is 11.6 Å². The van der Waals surface area contributed by atoms with Crippen molar-refractivity contribution in [3.8, 4) is 0 Å². The molecule has 0 aliphatic carbocycles. The summed E-state index contributed by atoms with van der Waals surface area (Å²) in [4.78, 5) is 14.6. The molecule has 0 bridgehead atoms. The van der Waals surface area contributed by atoms with Crippen LogP contribution in [-0.4, -0.2) is 16.1 Å². The zero-order valence-electron chi connectivity index (χ0n) is 10.0. The summed E-state index contributed by atoms with van der Waals surface area (Å²) in [7, 11) is 0. The maximum Gasteiger partial charge on any atom is 0.337 e. The molecular formula is C13H9ClF2N2O2. The number of carbonyl (C=O) groups is 1. The van der Waals surface area contributed by atoms with Crippen LogP contribution in [0.5, 0.6) is 0 Å². The van der Waals surface area contributed by atoms with E-state index in [0.29, 0.717) is 0 Å². The van der Waals surface area contributed by atoms with Crippen LogP contribution in [0.1, 0.15) is 15.9 Å². The number of pyridine rings is 1. The largest absolute Gasteiger partial charge is 0.478 e. The van der Waals surface area contributed by atoms with Gasteiger partial charge in [-0.1, -0.05) is 17.7 Å². The molecule has 2 aromatic rings. The Labute approximate surface area is 118 Å². The average Bonchev–Trinajstić information content (AvgIpc) is 2.38. The molecule has 0 amide bonds. The summed E-state index contributed by atoms with van der Waals surface area (Å²) in [6.07, 6.45) is 1.14. The minimum Gasteiger partial charge on any atom is -0.478 e. The zero-order valence-corrected chi connectivity index (χ0v) is 10.8. The minimum absolute atomic E-state index is 0.0469. The van der Waals surface area contributed by atoms with Gasteiger partial charge >= 0.3 is 5.97 Å². The van der Waals surface area contributed by atoms with Crippen molar-refractivity contribution in [2.24, 2.45) is 0 Å². The fraction of sp³-hybridized carbons (Fsp3) is 0.0769. The number of nitrogens with zero attached hydrogens (tertiary/aromatic N) is 1. The second-order valence-electron chi connectivity index (χ2n) is 3.95. The summed E-state index contributed by atoms with van der Waals surface area (Å²) in [5, 5.41) is 11.6. The third kappa shape index (κ3) is 3.21. The number of hydrogen-bond acceptors (Lipinski definition) is 3. The molecule has 7 heteroatoms. The highest BCUT2D eigenvalue weighted by Gasteiger charge is 2.09. The first kappa shape index (κ1) is 14.2. The van der Waals surface area contributed by atoms with Crippen molar-refractivity contribution in [1.29, 1.82) is 0 Å². The van der Waals surface area contributed by atoms with E-state index in [9.17, 15) is 13.6 Å². The van der Waals surface area contributed by atoms with Gasteiger partial charge in [-0.15, -0.1) is 0 Å². The molecular weight excluding hydrogens is 290 g/mol. The number of aromatic carboxylic acids is 1. The lowest BCUT2D eigenvalue weighted by Gasteiger charge is -2.08. The van der Waals surface area contributed by atoms with E-state index < -0.39 is 17.6 Å². The lowest BCUT2D eigenvalue weighted by molar-refractivity contribution is 0.0696. The maximum atomic E-state index is 13.4. The molecule has 0 fully saturated rings. The highest BCUT2D eigenvalue weighted by molar-refractivity contribution is 6.33. The van der Waals surface area contributed by atoms with E-state index in [1.807, 2.05) is 0 Å². The van der Waals surface area contributed by atoms with Crippen LogP contribution in [0.3, 0.4) is 0 Å². The number of carboxylic acid groups (broad SMARTS) is 1. The number of hydrogen-bond donors (Lipinski definition) is 2. The first-order chi connectivity index (χ1) is 9.47. The highest BCUT2D eigenvalue weighted by atomic mass is 35.5. The normalized spacial score (nSPS) is 10.3. The van der Waals surface area contributed by atoms with Gasteiger partial charge in [0.1, 0.15) is 17.5 Å². The van der Waals surface area contributed by atoms with E-state index in [-0.39, 0.29) is 28.5 Å². The summed E-state index contributed by atoms with van der Waals surface area (Å²) in [6.45, 7) is 0.0469. The molecule has 0 spiro atoms. The number of nitrogens with one attached hydrogen (secondary N) is 1. The van der Waals surface area contributed by atoms with Gasteiger partial charge in [0.05, 0.1) is 10.6 Å². The minimum atomic E-state index is -1.14. The third-order valence-electron chi connectivity index (χ3n) is 2.55. The topological polar surface area (TPSA) is 62.2 Å². The van der Waals surface area contributed by atoms with E-state index >= 15 is 0 Å². The molecule has 0 atom stereocenters. The van der Waals surface area contributed by atoms with Crippen LogP contribution in [0.2, 0.25) is 5.02 Å². The molecule has 0 aliphatic rings.